The summed E-state index contributed by atoms with van der Waals surface area (Å²) in [5.41, 5.74) is -0.285. The topological polar surface area (TPSA) is 94.4 Å². The Morgan fingerprint density at radius 2 is 2.39 bits per heavy atom. The van der Waals surface area contributed by atoms with Gasteiger partial charge in [0, 0.05) is 12.7 Å². The van der Waals surface area contributed by atoms with Gasteiger partial charge < -0.3 is 10.1 Å². The molecule has 0 spiro atoms. The number of halogens is 1. The Balaban J connectivity index is 2.19. The number of amides is 1. The zero-order chi connectivity index (χ0) is 13.1. The largest absolute Gasteiger partial charge is 0.381 e. The van der Waals surface area contributed by atoms with E-state index in [2.05, 4.69) is 10.3 Å². The lowest BCUT2D eigenvalue weighted by molar-refractivity contribution is -0.384. The number of nitrogens with one attached hydrogen (secondary N) is 1. The third-order valence-electron chi connectivity index (χ3n) is 2.58. The number of ether oxygens (including phenoxy) is 1. The molecule has 1 N–H and O–H groups in total. The molecule has 1 unspecified atom stereocenters. The summed E-state index contributed by atoms with van der Waals surface area (Å²) in [6.45, 7) is 0.837. The molecule has 2 heterocycles. The second-order valence-corrected chi connectivity index (χ2v) is 4.20. The van der Waals surface area contributed by atoms with Crippen molar-refractivity contribution in [2.75, 3.05) is 18.5 Å². The molecule has 0 aromatic carbocycles. The Morgan fingerprint density at radius 1 is 1.61 bits per heavy atom. The molecule has 7 nitrogen and oxygen atoms in total. The molecule has 1 aliphatic heterocycles. The Bertz CT molecular complexity index is 488. The zero-order valence-corrected chi connectivity index (χ0v) is 10.0. The predicted octanol–water partition coefficient (Wildman–Crippen LogP) is 1.62. The van der Waals surface area contributed by atoms with Gasteiger partial charge in [0.05, 0.1) is 17.4 Å². The van der Waals surface area contributed by atoms with Crippen LogP contribution in [0.3, 0.4) is 0 Å². The van der Waals surface area contributed by atoms with E-state index in [0.717, 1.165) is 0 Å². The maximum Gasteiger partial charge on any atom is 0.311 e. The van der Waals surface area contributed by atoms with Gasteiger partial charge in [-0.1, -0.05) is 11.6 Å². The molecule has 8 heteroatoms. The van der Waals surface area contributed by atoms with Crippen molar-refractivity contribution in [1.82, 2.24) is 4.98 Å². The van der Waals surface area contributed by atoms with Crippen molar-refractivity contribution >= 4 is 29.0 Å². The fourth-order valence-electron chi connectivity index (χ4n) is 1.63. The molecule has 1 aromatic rings. The van der Waals surface area contributed by atoms with E-state index in [4.69, 9.17) is 16.3 Å². The van der Waals surface area contributed by atoms with Crippen LogP contribution < -0.4 is 5.32 Å². The lowest BCUT2D eigenvalue weighted by Crippen LogP contribution is -2.23. The highest BCUT2D eigenvalue weighted by Crippen LogP contribution is 2.25. The number of rotatable bonds is 3. The van der Waals surface area contributed by atoms with Crippen LogP contribution in [0, 0.1) is 16.0 Å². The van der Waals surface area contributed by atoms with E-state index in [1.54, 1.807) is 0 Å². The highest BCUT2D eigenvalue weighted by molar-refractivity contribution is 6.29. The molecular formula is C10H10ClN3O4. The number of nitrogens with zero attached hydrogens (tertiary/aromatic N) is 2. The minimum Gasteiger partial charge on any atom is -0.381 e. The number of carbonyl (C=O) groups excluding carboxylic acids is 1. The first-order valence-corrected chi connectivity index (χ1v) is 5.65. The van der Waals surface area contributed by atoms with Gasteiger partial charge in [0.15, 0.2) is 0 Å². The van der Waals surface area contributed by atoms with E-state index in [-0.39, 0.29) is 28.5 Å². The summed E-state index contributed by atoms with van der Waals surface area (Å²) < 4.78 is 5.08. The van der Waals surface area contributed by atoms with Gasteiger partial charge in [-0.3, -0.25) is 14.9 Å². The van der Waals surface area contributed by atoms with Crippen molar-refractivity contribution in [2.24, 2.45) is 5.92 Å². The molecule has 0 aliphatic carbocycles. The molecule has 96 valence electrons. The smallest absolute Gasteiger partial charge is 0.311 e. The van der Waals surface area contributed by atoms with Gasteiger partial charge in [-0.05, 0) is 12.5 Å². The molecule has 1 aliphatic rings. The molecule has 1 saturated heterocycles. The second kappa shape index (κ2) is 5.28. The SMILES string of the molecule is O=C(Nc1nc(Cl)ccc1[N+](=O)[O-])C1CCOC1. The number of anilines is 1. The van der Waals surface area contributed by atoms with Crippen LogP contribution in [0.5, 0.6) is 0 Å². The van der Waals surface area contributed by atoms with Crippen LogP contribution in [0.2, 0.25) is 5.15 Å². The van der Waals surface area contributed by atoms with Gasteiger partial charge in [0.2, 0.25) is 11.7 Å². The molecular weight excluding hydrogens is 262 g/mol. The van der Waals surface area contributed by atoms with Gasteiger partial charge in [0.1, 0.15) is 5.15 Å². The normalized spacial score (nSPS) is 18.6. The fourth-order valence-corrected chi connectivity index (χ4v) is 1.77. The molecule has 0 bridgehead atoms. The molecule has 18 heavy (non-hydrogen) atoms. The van der Waals surface area contributed by atoms with Crippen molar-refractivity contribution < 1.29 is 14.5 Å². The summed E-state index contributed by atoms with van der Waals surface area (Å²) in [4.78, 5) is 25.7. The third-order valence-corrected chi connectivity index (χ3v) is 2.79. The standard InChI is InChI=1S/C10H10ClN3O4/c11-8-2-1-7(14(16)17)9(12-8)13-10(15)6-3-4-18-5-6/h1-2,6H,3-5H2,(H,12,13,15). The Hall–Kier alpha value is -1.73. The highest BCUT2D eigenvalue weighted by Gasteiger charge is 2.26. The number of aromatic nitrogens is 1. The van der Waals surface area contributed by atoms with E-state index in [0.29, 0.717) is 19.6 Å². The van der Waals surface area contributed by atoms with Crippen LogP contribution in [0.25, 0.3) is 0 Å². The van der Waals surface area contributed by atoms with Crippen LogP contribution >= 0.6 is 11.6 Å². The van der Waals surface area contributed by atoms with Crippen LogP contribution in [-0.4, -0.2) is 29.0 Å². The van der Waals surface area contributed by atoms with E-state index in [1.807, 2.05) is 0 Å². The Morgan fingerprint density at radius 3 is 3.00 bits per heavy atom. The monoisotopic (exact) mass is 271 g/mol. The van der Waals surface area contributed by atoms with Crippen molar-refractivity contribution in [2.45, 2.75) is 6.42 Å². The number of nitro groups is 1. The van der Waals surface area contributed by atoms with Gasteiger partial charge in [-0.25, -0.2) is 4.98 Å². The number of hydrogen-bond acceptors (Lipinski definition) is 5. The lowest BCUT2D eigenvalue weighted by atomic mass is 10.1. The summed E-state index contributed by atoms with van der Waals surface area (Å²) >= 11 is 5.65. The van der Waals surface area contributed by atoms with Gasteiger partial charge in [-0.15, -0.1) is 0 Å². The summed E-state index contributed by atoms with van der Waals surface area (Å²) in [5.74, 6) is -0.778. The van der Waals surface area contributed by atoms with E-state index < -0.39 is 4.92 Å². The predicted molar refractivity (Wildman–Crippen MR) is 63.5 cm³/mol. The lowest BCUT2D eigenvalue weighted by Gasteiger charge is -2.08. The van der Waals surface area contributed by atoms with E-state index in [9.17, 15) is 14.9 Å². The molecule has 1 atom stereocenters. The average molecular weight is 272 g/mol. The minimum absolute atomic E-state index is 0.0820. The quantitative estimate of drug-likeness (QED) is 0.512. The van der Waals surface area contributed by atoms with Crippen molar-refractivity contribution in [1.29, 1.82) is 0 Å². The van der Waals surface area contributed by atoms with Crippen molar-refractivity contribution in [3.63, 3.8) is 0 Å². The first-order chi connectivity index (χ1) is 8.58. The van der Waals surface area contributed by atoms with E-state index >= 15 is 0 Å². The van der Waals surface area contributed by atoms with Gasteiger partial charge in [-0.2, -0.15) is 0 Å². The zero-order valence-electron chi connectivity index (χ0n) is 9.26. The highest BCUT2D eigenvalue weighted by atomic mass is 35.5. The summed E-state index contributed by atoms with van der Waals surface area (Å²) in [6, 6.07) is 2.50. The third kappa shape index (κ3) is 2.74. The molecule has 1 amide bonds. The molecule has 1 fully saturated rings. The first kappa shape index (κ1) is 12.7. The number of carbonyl (C=O) groups is 1. The maximum atomic E-state index is 11.8. The van der Waals surface area contributed by atoms with Crippen LogP contribution in [0.15, 0.2) is 12.1 Å². The van der Waals surface area contributed by atoms with Crippen LogP contribution in [0.4, 0.5) is 11.5 Å². The second-order valence-electron chi connectivity index (χ2n) is 3.81. The average Bonchev–Trinajstić information content (AvgIpc) is 2.81. The summed E-state index contributed by atoms with van der Waals surface area (Å²) in [6.07, 6.45) is 0.597. The minimum atomic E-state index is -0.621. The summed E-state index contributed by atoms with van der Waals surface area (Å²) in [5, 5.41) is 13.3. The summed E-state index contributed by atoms with van der Waals surface area (Å²) in [7, 11) is 0. The Labute approximate surface area is 107 Å². The molecule has 0 saturated carbocycles. The maximum absolute atomic E-state index is 11.8. The van der Waals surface area contributed by atoms with Crippen molar-refractivity contribution in [3.8, 4) is 0 Å². The first-order valence-electron chi connectivity index (χ1n) is 5.27. The van der Waals surface area contributed by atoms with Crippen molar-refractivity contribution in [3.05, 3.63) is 27.4 Å². The fraction of sp³-hybridized carbons (Fsp3) is 0.400. The molecule has 1 aromatic heterocycles. The number of pyridine rings is 1. The molecule has 0 radical (unpaired) electrons. The number of hydrogen-bond donors (Lipinski definition) is 1. The van der Waals surface area contributed by atoms with Gasteiger partial charge in [0.25, 0.3) is 0 Å². The van der Waals surface area contributed by atoms with E-state index in [1.165, 1.54) is 12.1 Å². The van der Waals surface area contributed by atoms with Crippen LogP contribution in [-0.2, 0) is 9.53 Å². The van der Waals surface area contributed by atoms with Gasteiger partial charge >= 0.3 is 5.69 Å². The van der Waals surface area contributed by atoms with Crippen LogP contribution in [0.1, 0.15) is 6.42 Å². The Kier molecular flexibility index (Phi) is 3.73. The molecule has 2 rings (SSSR count).